The van der Waals surface area contributed by atoms with Crippen LogP contribution in [0.2, 0.25) is 0 Å². The summed E-state index contributed by atoms with van der Waals surface area (Å²) in [7, 11) is 0. The summed E-state index contributed by atoms with van der Waals surface area (Å²) in [5.41, 5.74) is 10.6. The highest BCUT2D eigenvalue weighted by molar-refractivity contribution is 5.92. The summed E-state index contributed by atoms with van der Waals surface area (Å²) < 4.78 is 5.47. The molecule has 0 unspecified atom stereocenters. The van der Waals surface area contributed by atoms with Gasteiger partial charge in [-0.2, -0.15) is 0 Å². The minimum Gasteiger partial charge on any atom is -0.444 e. The van der Waals surface area contributed by atoms with E-state index in [9.17, 15) is 0 Å². The smallest absolute Gasteiger partial charge is 0.216 e. The zero-order chi connectivity index (χ0) is 14.8. The average Bonchev–Trinajstić information content (AvgIpc) is 3.03. The van der Waals surface area contributed by atoms with Gasteiger partial charge in [0.2, 0.25) is 5.89 Å². The fourth-order valence-corrected chi connectivity index (χ4v) is 2.60. The Kier molecular flexibility index (Phi) is 3.64. The molecular weight excluding hydrogens is 264 g/mol. The molecule has 0 saturated heterocycles. The summed E-state index contributed by atoms with van der Waals surface area (Å²) >= 11 is 0. The predicted molar refractivity (Wildman–Crippen MR) is 83.4 cm³/mol. The van der Waals surface area contributed by atoms with Crippen LogP contribution in [-0.4, -0.2) is 10.9 Å². The number of anilines is 1. The van der Waals surface area contributed by atoms with E-state index in [2.05, 4.69) is 27.4 Å². The number of hydrogen-bond donors (Lipinski definition) is 2. The third-order valence-electron chi connectivity index (χ3n) is 3.83. The first-order valence-corrected chi connectivity index (χ1v) is 7.23. The second-order valence-electron chi connectivity index (χ2n) is 5.41. The molecule has 3 rings (SSSR count). The number of nitrogens with one attached hydrogen (secondary N) is 1. The van der Waals surface area contributed by atoms with Crippen LogP contribution in [0.4, 0.5) is 5.69 Å². The number of nitrogens with zero attached hydrogens (tertiary/aromatic N) is 2. The molecule has 0 amide bonds. The summed E-state index contributed by atoms with van der Waals surface area (Å²) in [6, 6.07) is 6.37. The number of hydrogen-bond acceptors (Lipinski definition) is 3. The third-order valence-corrected chi connectivity index (χ3v) is 3.83. The van der Waals surface area contributed by atoms with Gasteiger partial charge in [-0.3, -0.25) is 0 Å². The van der Waals surface area contributed by atoms with Crippen LogP contribution in [0, 0.1) is 13.8 Å². The van der Waals surface area contributed by atoms with Crippen molar-refractivity contribution in [3.05, 3.63) is 46.7 Å². The van der Waals surface area contributed by atoms with Gasteiger partial charge in [0.25, 0.3) is 0 Å². The molecule has 0 saturated carbocycles. The van der Waals surface area contributed by atoms with Gasteiger partial charge in [-0.1, -0.05) is 6.07 Å². The molecule has 1 aromatic heterocycles. The zero-order valence-electron chi connectivity index (χ0n) is 12.4. The maximum absolute atomic E-state index is 5.91. The fourth-order valence-electron chi connectivity index (χ4n) is 2.60. The van der Waals surface area contributed by atoms with Crippen molar-refractivity contribution in [3.8, 4) is 0 Å². The van der Waals surface area contributed by atoms with E-state index in [-0.39, 0.29) is 0 Å². The lowest BCUT2D eigenvalue weighted by atomic mass is 10.1. The standard InChI is InChI=1S/C16H20N4O/c1-10-11(2)21-15(19-10)9-18-16(17)20-14-7-6-12-4-3-5-13(12)8-14/h6-8H,3-5,9H2,1-2H3,(H3,17,18,20). The van der Waals surface area contributed by atoms with Crippen molar-refractivity contribution in [3.63, 3.8) is 0 Å². The lowest BCUT2D eigenvalue weighted by Gasteiger charge is -2.07. The van der Waals surface area contributed by atoms with Crippen LogP contribution < -0.4 is 11.1 Å². The Labute approximate surface area is 124 Å². The molecule has 5 nitrogen and oxygen atoms in total. The van der Waals surface area contributed by atoms with Crippen LogP contribution in [0.15, 0.2) is 27.6 Å². The lowest BCUT2D eigenvalue weighted by molar-refractivity contribution is 0.473. The molecule has 1 aromatic carbocycles. The van der Waals surface area contributed by atoms with Gasteiger partial charge >= 0.3 is 0 Å². The summed E-state index contributed by atoms with van der Waals surface area (Å²) in [6.07, 6.45) is 3.57. The highest BCUT2D eigenvalue weighted by Gasteiger charge is 2.11. The van der Waals surface area contributed by atoms with Crippen molar-refractivity contribution in [1.29, 1.82) is 0 Å². The van der Waals surface area contributed by atoms with Gasteiger partial charge in [-0.25, -0.2) is 9.98 Å². The van der Waals surface area contributed by atoms with Gasteiger partial charge in [0.15, 0.2) is 5.96 Å². The van der Waals surface area contributed by atoms with E-state index in [1.54, 1.807) is 0 Å². The van der Waals surface area contributed by atoms with Crippen LogP contribution in [-0.2, 0) is 19.4 Å². The molecule has 2 aromatic rings. The Morgan fingerprint density at radius 3 is 2.90 bits per heavy atom. The molecule has 0 aliphatic heterocycles. The molecule has 0 atom stereocenters. The first-order chi connectivity index (χ1) is 10.1. The summed E-state index contributed by atoms with van der Waals surface area (Å²) in [5.74, 6) is 1.79. The van der Waals surface area contributed by atoms with E-state index in [4.69, 9.17) is 10.2 Å². The van der Waals surface area contributed by atoms with Crippen LogP contribution in [0.5, 0.6) is 0 Å². The van der Waals surface area contributed by atoms with Gasteiger partial charge in [-0.15, -0.1) is 0 Å². The Bertz CT molecular complexity index is 668. The Hall–Kier alpha value is -2.30. The minimum absolute atomic E-state index is 0.346. The topological polar surface area (TPSA) is 76.4 Å². The molecule has 3 N–H and O–H groups in total. The number of benzene rings is 1. The van der Waals surface area contributed by atoms with Crippen LogP contribution in [0.3, 0.4) is 0 Å². The normalized spacial score (nSPS) is 14.3. The number of rotatable bonds is 3. The molecule has 1 aliphatic carbocycles. The first kappa shape index (κ1) is 13.7. The Balaban J connectivity index is 1.65. The summed E-state index contributed by atoms with van der Waals surface area (Å²) in [6.45, 7) is 4.15. The van der Waals surface area contributed by atoms with Crippen LogP contribution >= 0.6 is 0 Å². The minimum atomic E-state index is 0.346. The monoisotopic (exact) mass is 284 g/mol. The van der Waals surface area contributed by atoms with Gasteiger partial charge in [0, 0.05) is 5.69 Å². The molecule has 0 spiro atoms. The molecule has 0 radical (unpaired) electrons. The predicted octanol–water partition coefficient (Wildman–Crippen LogP) is 2.71. The van der Waals surface area contributed by atoms with Gasteiger partial charge < -0.3 is 15.5 Å². The second-order valence-corrected chi connectivity index (χ2v) is 5.41. The highest BCUT2D eigenvalue weighted by atomic mass is 16.4. The quantitative estimate of drug-likeness (QED) is 0.671. The fraction of sp³-hybridized carbons (Fsp3) is 0.375. The third kappa shape index (κ3) is 3.07. The van der Waals surface area contributed by atoms with Crippen molar-refractivity contribution in [2.24, 2.45) is 10.7 Å². The molecule has 0 bridgehead atoms. The maximum atomic E-state index is 5.91. The van der Waals surface area contributed by atoms with E-state index in [1.165, 1.54) is 24.0 Å². The van der Waals surface area contributed by atoms with Gasteiger partial charge in [0.1, 0.15) is 12.3 Å². The highest BCUT2D eigenvalue weighted by Crippen LogP contribution is 2.24. The second kappa shape index (κ2) is 5.60. The Morgan fingerprint density at radius 2 is 2.14 bits per heavy atom. The lowest BCUT2D eigenvalue weighted by Crippen LogP contribution is -2.22. The zero-order valence-corrected chi connectivity index (χ0v) is 12.4. The number of nitrogens with two attached hydrogens (primary N) is 1. The molecular formula is C16H20N4O. The number of aryl methyl sites for hydroxylation is 4. The van der Waals surface area contributed by atoms with E-state index < -0.39 is 0 Å². The number of oxazole rings is 1. The van der Waals surface area contributed by atoms with Gasteiger partial charge in [-0.05, 0) is 56.4 Å². The molecule has 110 valence electrons. The van der Waals surface area contributed by atoms with Crippen LogP contribution in [0.25, 0.3) is 0 Å². The van der Waals surface area contributed by atoms with Crippen molar-refractivity contribution < 1.29 is 4.42 Å². The van der Waals surface area contributed by atoms with Crippen molar-refractivity contribution in [2.75, 3.05) is 5.32 Å². The molecule has 1 aliphatic rings. The molecule has 0 fully saturated rings. The van der Waals surface area contributed by atoms with Crippen LogP contribution in [0.1, 0.15) is 34.9 Å². The average molecular weight is 284 g/mol. The SMILES string of the molecule is Cc1nc(CN=C(N)Nc2ccc3c(c2)CCC3)oc1C. The number of guanidine groups is 1. The van der Waals surface area contributed by atoms with E-state index in [0.29, 0.717) is 18.4 Å². The van der Waals surface area contributed by atoms with Crippen molar-refractivity contribution in [2.45, 2.75) is 39.7 Å². The maximum Gasteiger partial charge on any atom is 0.216 e. The number of aliphatic imine (C=N–C) groups is 1. The molecule has 5 heteroatoms. The van der Waals surface area contributed by atoms with Crippen molar-refractivity contribution in [1.82, 2.24) is 4.98 Å². The number of fused-ring (bicyclic) bond motifs is 1. The van der Waals surface area contributed by atoms with Gasteiger partial charge in [0.05, 0.1) is 5.69 Å². The largest absolute Gasteiger partial charge is 0.444 e. The Morgan fingerprint density at radius 1 is 1.33 bits per heavy atom. The first-order valence-electron chi connectivity index (χ1n) is 7.23. The molecule has 21 heavy (non-hydrogen) atoms. The summed E-state index contributed by atoms with van der Waals surface area (Å²) in [4.78, 5) is 8.54. The number of aromatic nitrogens is 1. The van der Waals surface area contributed by atoms with E-state index >= 15 is 0 Å². The summed E-state index contributed by atoms with van der Waals surface area (Å²) in [5, 5.41) is 3.12. The molecule has 1 heterocycles. The van der Waals surface area contributed by atoms with E-state index in [1.807, 2.05) is 19.9 Å². The van der Waals surface area contributed by atoms with Crippen molar-refractivity contribution >= 4 is 11.6 Å². The van der Waals surface area contributed by atoms with E-state index in [0.717, 1.165) is 23.6 Å².